The molecule has 0 bridgehead atoms. The quantitative estimate of drug-likeness (QED) is 0.686. The highest BCUT2D eigenvalue weighted by molar-refractivity contribution is 5.95. The molecule has 0 radical (unpaired) electrons. The monoisotopic (exact) mass is 422 g/mol. The summed E-state index contributed by atoms with van der Waals surface area (Å²) in [6.07, 6.45) is 6.25. The molecule has 0 unspecified atom stereocenters. The summed E-state index contributed by atoms with van der Waals surface area (Å²) in [4.78, 5) is 24.3. The Balaban J connectivity index is 1.31. The summed E-state index contributed by atoms with van der Waals surface area (Å²) in [6.45, 7) is 12.8. The maximum atomic E-state index is 13.1. The van der Waals surface area contributed by atoms with E-state index in [0.29, 0.717) is 6.61 Å². The Morgan fingerprint density at radius 2 is 1.61 bits per heavy atom. The molecule has 2 aromatic rings. The van der Waals surface area contributed by atoms with E-state index in [4.69, 9.17) is 4.74 Å². The van der Waals surface area contributed by atoms with Crippen LogP contribution in [-0.2, 0) is 6.61 Å². The van der Waals surface area contributed by atoms with Gasteiger partial charge in [0.05, 0.1) is 0 Å². The fourth-order valence-corrected chi connectivity index (χ4v) is 4.59. The Morgan fingerprint density at radius 1 is 0.968 bits per heavy atom. The molecule has 3 heterocycles. The highest BCUT2D eigenvalue weighted by Crippen LogP contribution is 2.26. The molecule has 2 fully saturated rings. The number of hydrogen-bond acceptors (Lipinski definition) is 5. The molecule has 1 amide bonds. The van der Waals surface area contributed by atoms with Gasteiger partial charge in [0.2, 0.25) is 0 Å². The first kappa shape index (κ1) is 21.8. The fourth-order valence-electron chi connectivity index (χ4n) is 4.59. The maximum absolute atomic E-state index is 13.1. The van der Waals surface area contributed by atoms with Crippen molar-refractivity contribution in [2.75, 3.05) is 52.4 Å². The van der Waals surface area contributed by atoms with Gasteiger partial charge in [-0.1, -0.05) is 6.07 Å². The van der Waals surface area contributed by atoms with E-state index in [9.17, 15) is 4.79 Å². The minimum absolute atomic E-state index is 0.129. The van der Waals surface area contributed by atoms with Crippen LogP contribution in [0.4, 0.5) is 0 Å². The summed E-state index contributed by atoms with van der Waals surface area (Å²) in [5, 5.41) is 0. The number of carbonyl (C=O) groups is 1. The summed E-state index contributed by atoms with van der Waals surface area (Å²) >= 11 is 0. The van der Waals surface area contributed by atoms with Crippen molar-refractivity contribution in [3.63, 3.8) is 0 Å². The number of rotatable bonds is 7. The second-order valence-electron chi connectivity index (χ2n) is 8.77. The third kappa shape index (κ3) is 5.63. The molecule has 0 aliphatic carbocycles. The van der Waals surface area contributed by atoms with Crippen molar-refractivity contribution in [1.29, 1.82) is 0 Å². The van der Waals surface area contributed by atoms with E-state index in [0.717, 1.165) is 67.3 Å². The average molecular weight is 423 g/mol. The molecule has 6 heteroatoms. The number of piperazine rings is 1. The molecule has 2 aliphatic heterocycles. The van der Waals surface area contributed by atoms with Crippen LogP contribution in [-0.4, -0.2) is 77.9 Å². The first-order valence-corrected chi connectivity index (χ1v) is 11.5. The number of ether oxygens (including phenoxy) is 1. The molecule has 0 spiro atoms. The van der Waals surface area contributed by atoms with Crippen molar-refractivity contribution < 1.29 is 9.53 Å². The summed E-state index contributed by atoms with van der Waals surface area (Å²) in [5.41, 5.74) is 3.78. The van der Waals surface area contributed by atoms with Crippen LogP contribution in [0.3, 0.4) is 0 Å². The molecule has 2 aliphatic rings. The number of benzene rings is 1. The lowest BCUT2D eigenvalue weighted by Crippen LogP contribution is -2.50. The molecule has 166 valence electrons. The molecule has 31 heavy (non-hydrogen) atoms. The van der Waals surface area contributed by atoms with Gasteiger partial charge in [-0.05, 0) is 69.1 Å². The molecule has 0 N–H and O–H groups in total. The second kappa shape index (κ2) is 10.2. The van der Waals surface area contributed by atoms with Gasteiger partial charge in [-0.15, -0.1) is 0 Å². The Hall–Kier alpha value is -2.44. The SMILES string of the molecule is Cc1cc(C(=O)N2CCN(CCN3CCCC3)CC2)cc(C)c1OCc1cccnc1. The van der Waals surface area contributed by atoms with Crippen LogP contribution in [0.25, 0.3) is 0 Å². The van der Waals surface area contributed by atoms with Crippen LogP contribution in [0, 0.1) is 13.8 Å². The van der Waals surface area contributed by atoms with Gasteiger partial charge in [0.25, 0.3) is 5.91 Å². The van der Waals surface area contributed by atoms with E-state index in [1.807, 2.05) is 49.2 Å². The van der Waals surface area contributed by atoms with Crippen molar-refractivity contribution in [1.82, 2.24) is 19.7 Å². The zero-order valence-corrected chi connectivity index (χ0v) is 18.8. The lowest BCUT2D eigenvalue weighted by molar-refractivity contribution is 0.0626. The van der Waals surface area contributed by atoms with Crippen LogP contribution in [0.15, 0.2) is 36.7 Å². The van der Waals surface area contributed by atoms with Gasteiger partial charge in [0.1, 0.15) is 12.4 Å². The zero-order valence-electron chi connectivity index (χ0n) is 18.8. The molecule has 6 nitrogen and oxygen atoms in total. The lowest BCUT2D eigenvalue weighted by Gasteiger charge is -2.35. The Bertz CT molecular complexity index is 849. The van der Waals surface area contributed by atoms with Crippen molar-refractivity contribution in [2.24, 2.45) is 0 Å². The largest absolute Gasteiger partial charge is 0.488 e. The Kier molecular flexibility index (Phi) is 7.20. The third-order valence-electron chi connectivity index (χ3n) is 6.40. The first-order valence-electron chi connectivity index (χ1n) is 11.5. The molecular formula is C25H34N4O2. The smallest absolute Gasteiger partial charge is 0.253 e. The molecule has 0 atom stereocenters. The minimum Gasteiger partial charge on any atom is -0.488 e. The van der Waals surface area contributed by atoms with E-state index in [2.05, 4.69) is 14.8 Å². The Labute approximate surface area is 185 Å². The standard InChI is InChI=1S/C25H34N4O2/c1-20-16-23(17-21(2)24(20)31-19-22-6-5-7-26-18-22)25(30)29-14-12-28(13-15-29)11-10-27-8-3-4-9-27/h5-7,16-18H,3-4,8-15,19H2,1-2H3. The summed E-state index contributed by atoms with van der Waals surface area (Å²) in [6, 6.07) is 7.84. The number of likely N-dealkylation sites (tertiary alicyclic amines) is 1. The average Bonchev–Trinajstić information content (AvgIpc) is 3.31. The molecule has 1 aromatic heterocycles. The topological polar surface area (TPSA) is 48.9 Å². The normalized spacial score (nSPS) is 17.8. The highest BCUT2D eigenvalue weighted by atomic mass is 16.5. The number of carbonyl (C=O) groups excluding carboxylic acids is 1. The number of aromatic nitrogens is 1. The molecule has 4 rings (SSSR count). The Morgan fingerprint density at radius 3 is 2.23 bits per heavy atom. The van der Waals surface area contributed by atoms with E-state index in [-0.39, 0.29) is 5.91 Å². The van der Waals surface area contributed by atoms with Crippen molar-refractivity contribution in [3.05, 3.63) is 58.9 Å². The molecular weight excluding hydrogens is 388 g/mol. The van der Waals surface area contributed by atoms with E-state index >= 15 is 0 Å². The molecule has 1 aromatic carbocycles. The van der Waals surface area contributed by atoms with Gasteiger partial charge in [-0.25, -0.2) is 0 Å². The molecule has 2 saturated heterocycles. The second-order valence-corrected chi connectivity index (χ2v) is 8.77. The molecule has 0 saturated carbocycles. The first-order chi connectivity index (χ1) is 15.1. The zero-order chi connectivity index (χ0) is 21.6. The van der Waals surface area contributed by atoms with Gasteiger partial charge in [0, 0.05) is 62.8 Å². The summed E-state index contributed by atoms with van der Waals surface area (Å²) < 4.78 is 6.04. The summed E-state index contributed by atoms with van der Waals surface area (Å²) in [7, 11) is 0. The number of nitrogens with zero attached hydrogens (tertiary/aromatic N) is 4. The number of hydrogen-bond donors (Lipinski definition) is 0. The fraction of sp³-hybridized carbons (Fsp3) is 0.520. The van der Waals surface area contributed by atoms with Gasteiger partial charge in [-0.2, -0.15) is 0 Å². The van der Waals surface area contributed by atoms with E-state index < -0.39 is 0 Å². The van der Waals surface area contributed by atoms with Crippen LogP contribution in [0.5, 0.6) is 5.75 Å². The summed E-state index contributed by atoms with van der Waals surface area (Å²) in [5.74, 6) is 0.983. The van der Waals surface area contributed by atoms with Gasteiger partial charge >= 0.3 is 0 Å². The third-order valence-corrected chi connectivity index (χ3v) is 6.40. The van der Waals surface area contributed by atoms with Gasteiger partial charge < -0.3 is 14.5 Å². The van der Waals surface area contributed by atoms with Gasteiger partial charge in [0.15, 0.2) is 0 Å². The van der Waals surface area contributed by atoms with Crippen LogP contribution in [0.2, 0.25) is 0 Å². The van der Waals surface area contributed by atoms with Crippen LogP contribution < -0.4 is 4.74 Å². The van der Waals surface area contributed by atoms with E-state index in [1.54, 1.807) is 6.20 Å². The number of aryl methyl sites for hydroxylation is 2. The van der Waals surface area contributed by atoms with Crippen LogP contribution >= 0.6 is 0 Å². The number of pyridine rings is 1. The van der Waals surface area contributed by atoms with Crippen molar-refractivity contribution in [2.45, 2.75) is 33.3 Å². The maximum Gasteiger partial charge on any atom is 0.253 e. The minimum atomic E-state index is 0.129. The van der Waals surface area contributed by atoms with Gasteiger partial charge in [-0.3, -0.25) is 14.7 Å². The highest BCUT2D eigenvalue weighted by Gasteiger charge is 2.23. The lowest BCUT2D eigenvalue weighted by atomic mass is 10.0. The predicted molar refractivity (Wildman–Crippen MR) is 123 cm³/mol. The predicted octanol–water partition coefficient (Wildman–Crippen LogP) is 3.13. The van der Waals surface area contributed by atoms with E-state index in [1.165, 1.54) is 25.9 Å². The number of amides is 1. The van der Waals surface area contributed by atoms with Crippen molar-refractivity contribution in [3.8, 4) is 5.75 Å². The van der Waals surface area contributed by atoms with Crippen LogP contribution in [0.1, 0.15) is 39.9 Å². The van der Waals surface area contributed by atoms with Crippen molar-refractivity contribution >= 4 is 5.91 Å².